The van der Waals surface area contributed by atoms with E-state index in [0.29, 0.717) is 22.8 Å². The van der Waals surface area contributed by atoms with Crippen molar-refractivity contribution in [2.45, 2.75) is 19.4 Å². The van der Waals surface area contributed by atoms with Crippen LogP contribution in [0.1, 0.15) is 29.9 Å². The molecule has 2 aromatic heterocycles. The molecule has 11 heteroatoms. The third-order valence-corrected chi connectivity index (χ3v) is 4.65. The van der Waals surface area contributed by atoms with Crippen molar-refractivity contribution in [3.05, 3.63) is 60.4 Å². The molecule has 1 aromatic carbocycles. The van der Waals surface area contributed by atoms with E-state index in [1.807, 2.05) is 6.07 Å². The van der Waals surface area contributed by atoms with Crippen LogP contribution in [0.15, 0.2) is 53.5 Å². The number of nitrogens with zero attached hydrogens (tertiary/aromatic N) is 3. The molecule has 0 saturated heterocycles. The van der Waals surface area contributed by atoms with Gasteiger partial charge < -0.3 is 25.1 Å². The standard InChI is InChI=1S/C23H22N6O5/c1-23(2,12-27-20(30)14-4-5-16(9-24)26-10-14)29-22(32)21(31)28-15-6-7-17(18(8-15)33-3)19-11-25-13-34-19/h4-8,10-11,13H,12H2,1-3H3,(H,27,30)(H,28,31)(H,29,32). The average Bonchev–Trinajstić information content (AvgIpc) is 3.37. The number of oxazole rings is 1. The van der Waals surface area contributed by atoms with Crippen LogP contribution < -0.4 is 20.7 Å². The van der Waals surface area contributed by atoms with E-state index in [1.165, 1.54) is 38.0 Å². The predicted octanol–water partition coefficient (Wildman–Crippen LogP) is 1.88. The summed E-state index contributed by atoms with van der Waals surface area (Å²) < 4.78 is 10.6. The van der Waals surface area contributed by atoms with E-state index in [4.69, 9.17) is 14.4 Å². The van der Waals surface area contributed by atoms with E-state index >= 15 is 0 Å². The molecule has 11 nitrogen and oxygen atoms in total. The Hall–Kier alpha value is -4.72. The molecule has 0 atom stereocenters. The second-order valence-corrected chi connectivity index (χ2v) is 7.80. The normalized spacial score (nSPS) is 10.6. The van der Waals surface area contributed by atoms with Crippen molar-refractivity contribution >= 4 is 23.4 Å². The first-order chi connectivity index (χ1) is 16.2. The van der Waals surface area contributed by atoms with Crippen molar-refractivity contribution in [2.75, 3.05) is 19.0 Å². The third-order valence-electron chi connectivity index (χ3n) is 4.65. The monoisotopic (exact) mass is 462 g/mol. The summed E-state index contributed by atoms with van der Waals surface area (Å²) >= 11 is 0. The summed E-state index contributed by atoms with van der Waals surface area (Å²) in [6.07, 6.45) is 4.11. The molecule has 3 amide bonds. The number of amides is 3. The highest BCUT2D eigenvalue weighted by atomic mass is 16.5. The molecule has 0 radical (unpaired) electrons. The molecule has 0 aliphatic carbocycles. The molecule has 0 saturated carbocycles. The van der Waals surface area contributed by atoms with E-state index in [-0.39, 0.29) is 17.8 Å². The maximum atomic E-state index is 12.4. The van der Waals surface area contributed by atoms with Crippen molar-refractivity contribution in [2.24, 2.45) is 0 Å². The van der Waals surface area contributed by atoms with Gasteiger partial charge in [0.2, 0.25) is 0 Å². The highest BCUT2D eigenvalue weighted by molar-refractivity contribution is 6.39. The molecular formula is C23H22N6O5. The highest BCUT2D eigenvalue weighted by Gasteiger charge is 2.25. The van der Waals surface area contributed by atoms with Gasteiger partial charge in [0.15, 0.2) is 12.2 Å². The summed E-state index contributed by atoms with van der Waals surface area (Å²) in [6, 6.07) is 9.60. The Morgan fingerprint density at radius 2 is 1.94 bits per heavy atom. The fraction of sp³-hybridized carbons (Fsp3) is 0.217. The van der Waals surface area contributed by atoms with Crippen LogP contribution in [0.2, 0.25) is 0 Å². The highest BCUT2D eigenvalue weighted by Crippen LogP contribution is 2.32. The van der Waals surface area contributed by atoms with E-state index in [9.17, 15) is 14.4 Å². The molecule has 0 fully saturated rings. The number of aromatic nitrogens is 2. The van der Waals surface area contributed by atoms with Crippen LogP contribution in [0.25, 0.3) is 11.3 Å². The zero-order chi connectivity index (χ0) is 24.7. The van der Waals surface area contributed by atoms with Gasteiger partial charge in [0.1, 0.15) is 17.5 Å². The van der Waals surface area contributed by atoms with Gasteiger partial charge in [-0.15, -0.1) is 0 Å². The summed E-state index contributed by atoms with van der Waals surface area (Å²) in [5.74, 6) is -1.27. The minimum Gasteiger partial charge on any atom is -0.496 e. The van der Waals surface area contributed by atoms with Gasteiger partial charge >= 0.3 is 11.8 Å². The van der Waals surface area contributed by atoms with E-state index in [0.717, 1.165) is 0 Å². The number of nitriles is 1. The summed E-state index contributed by atoms with van der Waals surface area (Å²) in [5, 5.41) is 16.5. The van der Waals surface area contributed by atoms with Crippen molar-refractivity contribution < 1.29 is 23.5 Å². The number of nitrogens with one attached hydrogen (secondary N) is 3. The Labute approximate surface area is 195 Å². The van der Waals surface area contributed by atoms with Gasteiger partial charge in [-0.1, -0.05) is 0 Å². The minimum absolute atomic E-state index is 0.0462. The molecule has 0 bridgehead atoms. The first-order valence-corrected chi connectivity index (χ1v) is 10.1. The second kappa shape index (κ2) is 10.3. The Morgan fingerprint density at radius 3 is 2.56 bits per heavy atom. The maximum absolute atomic E-state index is 12.4. The van der Waals surface area contributed by atoms with Crippen molar-refractivity contribution in [3.63, 3.8) is 0 Å². The van der Waals surface area contributed by atoms with Gasteiger partial charge in [-0.2, -0.15) is 5.26 Å². The zero-order valence-corrected chi connectivity index (χ0v) is 18.7. The van der Waals surface area contributed by atoms with E-state index < -0.39 is 23.3 Å². The molecule has 3 rings (SSSR count). The number of carbonyl (C=O) groups is 3. The Kier molecular flexibility index (Phi) is 7.23. The van der Waals surface area contributed by atoms with Crippen LogP contribution in [0.5, 0.6) is 5.75 Å². The molecular weight excluding hydrogens is 440 g/mol. The first-order valence-electron chi connectivity index (χ1n) is 10.1. The molecule has 0 spiro atoms. The van der Waals surface area contributed by atoms with Gasteiger partial charge in [-0.3, -0.25) is 14.4 Å². The zero-order valence-electron chi connectivity index (χ0n) is 18.7. The molecule has 3 aromatic rings. The Morgan fingerprint density at radius 1 is 1.15 bits per heavy atom. The van der Waals surface area contributed by atoms with Gasteiger partial charge in [-0.25, -0.2) is 9.97 Å². The third kappa shape index (κ3) is 5.95. The fourth-order valence-electron chi connectivity index (χ4n) is 2.92. The van der Waals surface area contributed by atoms with Gasteiger partial charge in [0.05, 0.1) is 30.0 Å². The number of anilines is 1. The van der Waals surface area contributed by atoms with Crippen molar-refractivity contribution in [1.29, 1.82) is 5.26 Å². The van der Waals surface area contributed by atoms with Crippen LogP contribution in [0.3, 0.4) is 0 Å². The number of carbonyl (C=O) groups excluding carboxylic acids is 3. The lowest BCUT2D eigenvalue weighted by Crippen LogP contribution is -2.54. The van der Waals surface area contributed by atoms with Crippen molar-refractivity contribution in [3.8, 4) is 23.1 Å². The summed E-state index contributed by atoms with van der Waals surface area (Å²) in [5.41, 5.74) is 0.510. The quantitative estimate of drug-likeness (QED) is 0.449. The maximum Gasteiger partial charge on any atom is 0.313 e. The van der Waals surface area contributed by atoms with Crippen LogP contribution in [-0.2, 0) is 9.59 Å². The molecule has 0 aliphatic heterocycles. The molecule has 2 heterocycles. The summed E-state index contributed by atoms with van der Waals surface area (Å²) in [4.78, 5) is 44.8. The lowest BCUT2D eigenvalue weighted by atomic mass is 10.1. The fourth-order valence-corrected chi connectivity index (χ4v) is 2.92. The number of ether oxygens (including phenoxy) is 1. The van der Waals surface area contributed by atoms with E-state index in [2.05, 4.69) is 25.9 Å². The van der Waals surface area contributed by atoms with Crippen LogP contribution in [0, 0.1) is 11.3 Å². The SMILES string of the molecule is COc1cc(NC(=O)C(=O)NC(C)(C)CNC(=O)c2ccc(C#N)nc2)ccc1-c1cnco1. The number of benzene rings is 1. The Balaban J connectivity index is 1.57. The Bertz CT molecular complexity index is 1230. The largest absolute Gasteiger partial charge is 0.496 e. The van der Waals surface area contributed by atoms with Crippen LogP contribution in [0.4, 0.5) is 5.69 Å². The number of pyridine rings is 1. The average molecular weight is 462 g/mol. The number of rotatable bonds is 7. The number of hydrogen-bond acceptors (Lipinski definition) is 8. The lowest BCUT2D eigenvalue weighted by Gasteiger charge is -2.26. The molecule has 0 unspecified atom stereocenters. The van der Waals surface area contributed by atoms with Crippen LogP contribution in [-0.4, -0.2) is 46.9 Å². The summed E-state index contributed by atoms with van der Waals surface area (Å²) in [7, 11) is 1.47. The van der Waals surface area contributed by atoms with E-state index in [1.54, 1.807) is 32.0 Å². The van der Waals surface area contributed by atoms with Gasteiger partial charge in [-0.05, 0) is 38.1 Å². The van der Waals surface area contributed by atoms with Crippen molar-refractivity contribution in [1.82, 2.24) is 20.6 Å². The lowest BCUT2D eigenvalue weighted by molar-refractivity contribution is -0.137. The number of hydrogen-bond donors (Lipinski definition) is 3. The number of methoxy groups -OCH3 is 1. The predicted molar refractivity (Wildman–Crippen MR) is 121 cm³/mol. The van der Waals surface area contributed by atoms with Crippen LogP contribution >= 0.6 is 0 Å². The topological polar surface area (TPSA) is 159 Å². The summed E-state index contributed by atoms with van der Waals surface area (Å²) in [6.45, 7) is 3.36. The second-order valence-electron chi connectivity index (χ2n) is 7.80. The minimum atomic E-state index is -0.933. The molecule has 174 valence electrons. The molecule has 34 heavy (non-hydrogen) atoms. The smallest absolute Gasteiger partial charge is 0.313 e. The molecule has 3 N–H and O–H groups in total. The first kappa shape index (κ1) is 23.9. The van der Waals surface area contributed by atoms with Gasteiger partial charge in [0.25, 0.3) is 5.91 Å². The molecule has 0 aliphatic rings. The van der Waals surface area contributed by atoms with Gasteiger partial charge in [0, 0.05) is 24.5 Å².